The fourth-order valence-corrected chi connectivity index (χ4v) is 5.16. The van der Waals surface area contributed by atoms with E-state index in [1.807, 2.05) is 25.1 Å². The van der Waals surface area contributed by atoms with Gasteiger partial charge in [-0.25, -0.2) is 17.5 Å². The molecule has 3 aromatic rings. The van der Waals surface area contributed by atoms with Crippen molar-refractivity contribution in [2.75, 3.05) is 32.1 Å². The van der Waals surface area contributed by atoms with E-state index in [0.29, 0.717) is 0 Å². The maximum absolute atomic E-state index is 13.2. The van der Waals surface area contributed by atoms with Crippen LogP contribution in [-0.2, 0) is 23.0 Å². The standard InChI is InChI=1S/C25H28FN3O2S/c1-28(2)23-11-7-20(8-12-23)25(29-16-15-19-5-3-4-6-21(19)18-29)17-27-32(30,31)24-13-9-22(26)10-14-24/h3-14,25,27H,15-18H2,1-2H3/t25-/m1/s1. The van der Waals surface area contributed by atoms with E-state index in [1.54, 1.807) is 0 Å². The predicted molar refractivity (Wildman–Crippen MR) is 126 cm³/mol. The van der Waals surface area contributed by atoms with Gasteiger partial charge in [0.05, 0.1) is 4.90 Å². The van der Waals surface area contributed by atoms with Crippen LogP contribution in [0.25, 0.3) is 0 Å². The molecule has 5 nitrogen and oxygen atoms in total. The number of rotatable bonds is 7. The molecule has 4 rings (SSSR count). The van der Waals surface area contributed by atoms with E-state index >= 15 is 0 Å². The van der Waals surface area contributed by atoms with Gasteiger partial charge in [0.2, 0.25) is 10.0 Å². The van der Waals surface area contributed by atoms with Gasteiger partial charge in [-0.3, -0.25) is 4.90 Å². The molecule has 0 radical (unpaired) electrons. The van der Waals surface area contributed by atoms with Crippen LogP contribution in [0.1, 0.15) is 22.7 Å². The Labute approximate surface area is 189 Å². The summed E-state index contributed by atoms with van der Waals surface area (Å²) < 4.78 is 41.7. The Hall–Kier alpha value is -2.74. The molecular formula is C25H28FN3O2S. The maximum atomic E-state index is 13.2. The molecule has 0 unspecified atom stereocenters. The van der Waals surface area contributed by atoms with Crippen LogP contribution < -0.4 is 9.62 Å². The van der Waals surface area contributed by atoms with Crippen LogP contribution >= 0.6 is 0 Å². The molecule has 168 valence electrons. The van der Waals surface area contributed by atoms with Gasteiger partial charge in [-0.15, -0.1) is 0 Å². The average molecular weight is 454 g/mol. The second-order valence-corrected chi connectivity index (χ2v) is 10.1. The Morgan fingerprint density at radius 1 is 0.969 bits per heavy atom. The predicted octanol–water partition coefficient (Wildman–Crippen LogP) is 3.97. The summed E-state index contributed by atoms with van der Waals surface area (Å²) in [6, 6.07) is 21.4. The van der Waals surface area contributed by atoms with Crippen LogP contribution in [-0.4, -0.2) is 40.5 Å². The minimum absolute atomic E-state index is 0.0598. The number of nitrogens with one attached hydrogen (secondary N) is 1. The Kier molecular flexibility index (Phi) is 6.60. The zero-order valence-electron chi connectivity index (χ0n) is 18.3. The van der Waals surface area contributed by atoms with Gasteiger partial charge < -0.3 is 4.90 Å². The number of sulfonamides is 1. The third-order valence-electron chi connectivity index (χ3n) is 5.99. The highest BCUT2D eigenvalue weighted by atomic mass is 32.2. The molecule has 1 N–H and O–H groups in total. The Balaban J connectivity index is 1.59. The number of nitrogens with zero attached hydrogens (tertiary/aromatic N) is 2. The first-order valence-electron chi connectivity index (χ1n) is 10.7. The Bertz CT molecular complexity index is 1160. The first-order chi connectivity index (χ1) is 15.3. The summed E-state index contributed by atoms with van der Waals surface area (Å²) >= 11 is 0. The van der Waals surface area contributed by atoms with Crippen molar-refractivity contribution in [2.24, 2.45) is 0 Å². The lowest BCUT2D eigenvalue weighted by molar-refractivity contribution is 0.180. The number of anilines is 1. The lowest BCUT2D eigenvalue weighted by Crippen LogP contribution is -2.40. The molecule has 1 aliphatic heterocycles. The summed E-state index contributed by atoms with van der Waals surface area (Å²) in [6.45, 7) is 1.83. The topological polar surface area (TPSA) is 52.7 Å². The van der Waals surface area contributed by atoms with Gasteiger partial charge >= 0.3 is 0 Å². The van der Waals surface area contributed by atoms with E-state index in [0.717, 1.165) is 42.9 Å². The normalized spacial score (nSPS) is 15.2. The van der Waals surface area contributed by atoms with Crippen LogP contribution in [0.5, 0.6) is 0 Å². The molecule has 0 aliphatic carbocycles. The van der Waals surface area contributed by atoms with Gasteiger partial charge in [0.25, 0.3) is 0 Å². The fourth-order valence-electron chi connectivity index (χ4n) is 4.12. The maximum Gasteiger partial charge on any atom is 0.240 e. The molecule has 0 bridgehead atoms. The Morgan fingerprint density at radius 3 is 2.28 bits per heavy atom. The van der Waals surface area contributed by atoms with Crippen molar-refractivity contribution in [2.45, 2.75) is 23.9 Å². The lowest BCUT2D eigenvalue weighted by Gasteiger charge is -2.36. The average Bonchev–Trinajstić information content (AvgIpc) is 2.79. The van der Waals surface area contributed by atoms with Gasteiger partial charge in [0, 0.05) is 45.5 Å². The van der Waals surface area contributed by atoms with Crippen molar-refractivity contribution in [3.05, 3.63) is 95.3 Å². The monoisotopic (exact) mass is 453 g/mol. The van der Waals surface area contributed by atoms with Gasteiger partial charge in [-0.05, 0) is 59.5 Å². The van der Waals surface area contributed by atoms with Crippen LogP contribution in [0.4, 0.5) is 10.1 Å². The zero-order valence-corrected chi connectivity index (χ0v) is 19.1. The second kappa shape index (κ2) is 9.40. The minimum Gasteiger partial charge on any atom is -0.378 e. The van der Waals surface area contributed by atoms with E-state index in [-0.39, 0.29) is 17.5 Å². The van der Waals surface area contributed by atoms with Gasteiger partial charge in [-0.2, -0.15) is 0 Å². The number of hydrogen-bond donors (Lipinski definition) is 1. The van der Waals surface area contributed by atoms with Crippen LogP contribution in [0.3, 0.4) is 0 Å². The Morgan fingerprint density at radius 2 is 1.62 bits per heavy atom. The van der Waals surface area contributed by atoms with Gasteiger partial charge in [0.15, 0.2) is 0 Å². The van der Waals surface area contributed by atoms with E-state index < -0.39 is 15.8 Å². The zero-order chi connectivity index (χ0) is 22.7. The molecule has 0 spiro atoms. The molecule has 32 heavy (non-hydrogen) atoms. The first kappa shape index (κ1) is 22.5. The highest BCUT2D eigenvalue weighted by Crippen LogP contribution is 2.29. The van der Waals surface area contributed by atoms with Crippen LogP contribution in [0.15, 0.2) is 77.7 Å². The number of benzene rings is 3. The molecule has 7 heteroatoms. The van der Waals surface area contributed by atoms with Crippen molar-refractivity contribution in [3.8, 4) is 0 Å². The molecule has 1 heterocycles. The summed E-state index contributed by atoms with van der Waals surface area (Å²) in [5, 5.41) is 0. The molecule has 0 saturated heterocycles. The highest BCUT2D eigenvalue weighted by Gasteiger charge is 2.26. The largest absolute Gasteiger partial charge is 0.378 e. The fraction of sp³-hybridized carbons (Fsp3) is 0.280. The second-order valence-electron chi connectivity index (χ2n) is 8.30. The summed E-state index contributed by atoms with van der Waals surface area (Å²) in [7, 11) is 0.229. The number of fused-ring (bicyclic) bond motifs is 1. The molecule has 0 amide bonds. The van der Waals surface area contributed by atoms with Crippen LogP contribution in [0.2, 0.25) is 0 Å². The minimum atomic E-state index is -3.75. The molecule has 1 atom stereocenters. The van der Waals surface area contributed by atoms with Crippen molar-refractivity contribution < 1.29 is 12.8 Å². The quantitative estimate of drug-likeness (QED) is 0.588. The number of hydrogen-bond acceptors (Lipinski definition) is 4. The van der Waals surface area contributed by atoms with E-state index in [1.165, 1.54) is 23.3 Å². The summed E-state index contributed by atoms with van der Waals surface area (Å²) in [6.07, 6.45) is 0.924. The summed E-state index contributed by atoms with van der Waals surface area (Å²) in [5.41, 5.74) is 4.76. The van der Waals surface area contributed by atoms with E-state index in [9.17, 15) is 12.8 Å². The van der Waals surface area contributed by atoms with Gasteiger partial charge in [-0.1, -0.05) is 36.4 Å². The summed E-state index contributed by atoms with van der Waals surface area (Å²) in [4.78, 5) is 4.41. The summed E-state index contributed by atoms with van der Waals surface area (Å²) in [5.74, 6) is -0.463. The molecule has 0 fully saturated rings. The first-order valence-corrected chi connectivity index (χ1v) is 12.2. The van der Waals surface area contributed by atoms with Gasteiger partial charge in [0.1, 0.15) is 5.82 Å². The third kappa shape index (κ3) is 5.01. The van der Waals surface area contributed by atoms with E-state index in [4.69, 9.17) is 0 Å². The third-order valence-corrected chi connectivity index (χ3v) is 7.43. The number of halogens is 1. The van der Waals surface area contributed by atoms with Crippen molar-refractivity contribution in [1.29, 1.82) is 0 Å². The van der Waals surface area contributed by atoms with Crippen LogP contribution in [0, 0.1) is 5.82 Å². The SMILES string of the molecule is CN(C)c1ccc([C@@H](CNS(=O)(=O)c2ccc(F)cc2)N2CCc3ccccc3C2)cc1. The molecule has 1 aliphatic rings. The smallest absolute Gasteiger partial charge is 0.240 e. The lowest BCUT2D eigenvalue weighted by atomic mass is 9.96. The molecular weight excluding hydrogens is 425 g/mol. The van der Waals surface area contributed by atoms with Crippen molar-refractivity contribution >= 4 is 15.7 Å². The van der Waals surface area contributed by atoms with Crippen molar-refractivity contribution in [1.82, 2.24) is 9.62 Å². The highest BCUT2D eigenvalue weighted by molar-refractivity contribution is 7.89. The molecule has 0 aromatic heterocycles. The van der Waals surface area contributed by atoms with Crippen molar-refractivity contribution in [3.63, 3.8) is 0 Å². The molecule has 3 aromatic carbocycles. The van der Waals surface area contributed by atoms with E-state index in [2.05, 4.69) is 52.1 Å². The molecule has 0 saturated carbocycles.